The number of amides is 2. The van der Waals surface area contributed by atoms with Crippen LogP contribution in [0.15, 0.2) is 48.5 Å². The zero-order valence-electron chi connectivity index (χ0n) is 18.6. The van der Waals surface area contributed by atoms with E-state index in [0.29, 0.717) is 19.3 Å². The molecular formula is C26H28N2O5. The highest BCUT2D eigenvalue weighted by atomic mass is 16.5. The van der Waals surface area contributed by atoms with Crippen LogP contribution in [0.25, 0.3) is 11.1 Å². The summed E-state index contributed by atoms with van der Waals surface area (Å²) in [4.78, 5) is 38.1. The number of likely N-dealkylation sites (tertiary alicyclic amines) is 1. The first kappa shape index (κ1) is 21.5. The number of rotatable bonds is 6. The van der Waals surface area contributed by atoms with Crippen LogP contribution in [0.2, 0.25) is 0 Å². The fraction of sp³-hybridized carbons (Fsp3) is 0.423. The first-order chi connectivity index (χ1) is 15.9. The van der Waals surface area contributed by atoms with Gasteiger partial charge in [0.05, 0.1) is 0 Å². The van der Waals surface area contributed by atoms with E-state index in [0.717, 1.165) is 0 Å². The Morgan fingerprint density at radius 2 is 1.61 bits per heavy atom. The molecule has 3 aliphatic rings. The van der Waals surface area contributed by atoms with Crippen LogP contribution in [-0.2, 0) is 14.3 Å². The second-order valence-corrected chi connectivity index (χ2v) is 9.47. The molecule has 5 rings (SSSR count). The minimum atomic E-state index is -0.836. The van der Waals surface area contributed by atoms with E-state index in [-0.39, 0.29) is 43.5 Å². The molecule has 2 amide bonds. The van der Waals surface area contributed by atoms with E-state index in [1.807, 2.05) is 31.2 Å². The lowest BCUT2D eigenvalue weighted by molar-refractivity contribution is -0.169. The van der Waals surface area contributed by atoms with Crippen molar-refractivity contribution in [2.24, 2.45) is 11.3 Å². The normalized spacial score (nSPS) is 22.4. The lowest BCUT2D eigenvalue weighted by Crippen LogP contribution is -2.64. The standard InChI is InChI=1S/C26H28N2O5/c1-2-26(24(30)31)14-28(15-26)23(29)16-11-17(12-16)27-25(32)33-13-22-20-9-5-3-7-18(20)19-8-4-6-10-21(19)22/h3-10,16-17,22H,2,11-15H2,1H3,(H,27,32)(H,30,31). The number of alkyl carbamates (subject to hydrolysis) is 1. The van der Waals surface area contributed by atoms with Crippen LogP contribution in [-0.4, -0.2) is 53.7 Å². The number of benzene rings is 2. The average Bonchev–Trinajstić information content (AvgIpc) is 3.07. The Labute approximate surface area is 192 Å². The minimum Gasteiger partial charge on any atom is -0.481 e. The summed E-state index contributed by atoms with van der Waals surface area (Å²) in [5.41, 5.74) is 3.91. The first-order valence-electron chi connectivity index (χ1n) is 11.6. The van der Waals surface area contributed by atoms with Crippen LogP contribution in [0.3, 0.4) is 0 Å². The minimum absolute atomic E-state index is 0.00841. The summed E-state index contributed by atoms with van der Waals surface area (Å²) in [6.07, 6.45) is 1.17. The van der Waals surface area contributed by atoms with Gasteiger partial charge in [-0.3, -0.25) is 9.59 Å². The second kappa shape index (κ2) is 8.21. The van der Waals surface area contributed by atoms with Crippen molar-refractivity contribution in [3.05, 3.63) is 59.7 Å². The third kappa shape index (κ3) is 3.65. The number of carbonyl (C=O) groups is 3. The number of hydrogen-bond donors (Lipinski definition) is 2. The fourth-order valence-electron chi connectivity index (χ4n) is 5.35. The molecule has 7 heteroatoms. The molecule has 0 aromatic heterocycles. The first-order valence-corrected chi connectivity index (χ1v) is 11.6. The summed E-state index contributed by atoms with van der Waals surface area (Å²) in [5.74, 6) is -0.991. The summed E-state index contributed by atoms with van der Waals surface area (Å²) in [7, 11) is 0. The molecule has 2 fully saturated rings. The van der Waals surface area contributed by atoms with Gasteiger partial charge in [-0.2, -0.15) is 0 Å². The van der Waals surface area contributed by atoms with E-state index in [9.17, 15) is 19.5 Å². The largest absolute Gasteiger partial charge is 0.481 e. The molecule has 2 aromatic carbocycles. The molecular weight excluding hydrogens is 420 g/mol. The van der Waals surface area contributed by atoms with E-state index in [1.165, 1.54) is 22.3 Å². The van der Waals surface area contributed by atoms with Gasteiger partial charge in [0.2, 0.25) is 5.91 Å². The monoisotopic (exact) mass is 448 g/mol. The highest BCUT2D eigenvalue weighted by Gasteiger charge is 2.52. The molecule has 2 aromatic rings. The Morgan fingerprint density at radius 1 is 1.03 bits per heavy atom. The third-order valence-corrected chi connectivity index (χ3v) is 7.58. The van der Waals surface area contributed by atoms with Crippen molar-refractivity contribution in [3.8, 4) is 11.1 Å². The van der Waals surface area contributed by atoms with Gasteiger partial charge < -0.3 is 20.1 Å². The molecule has 172 valence electrons. The van der Waals surface area contributed by atoms with E-state index in [2.05, 4.69) is 29.6 Å². The number of carbonyl (C=O) groups excluding carboxylic acids is 2. The molecule has 2 N–H and O–H groups in total. The van der Waals surface area contributed by atoms with Gasteiger partial charge in [-0.1, -0.05) is 55.5 Å². The highest BCUT2D eigenvalue weighted by molar-refractivity contribution is 5.85. The zero-order valence-corrected chi connectivity index (χ0v) is 18.6. The summed E-state index contributed by atoms with van der Waals surface area (Å²) >= 11 is 0. The molecule has 0 bridgehead atoms. The molecule has 0 unspecified atom stereocenters. The third-order valence-electron chi connectivity index (χ3n) is 7.58. The Balaban J connectivity index is 1.10. The van der Waals surface area contributed by atoms with Gasteiger partial charge in [0.1, 0.15) is 12.0 Å². The number of carboxylic acids is 1. The van der Waals surface area contributed by atoms with Crippen LogP contribution >= 0.6 is 0 Å². The number of aliphatic carboxylic acids is 1. The van der Waals surface area contributed by atoms with Gasteiger partial charge in [-0.05, 0) is 41.5 Å². The SMILES string of the molecule is CCC1(C(=O)O)CN(C(=O)C2CC(NC(=O)OCC3c4ccccc4-c4ccccc43)C2)C1. The summed E-state index contributed by atoms with van der Waals surface area (Å²) < 4.78 is 5.58. The number of nitrogens with one attached hydrogen (secondary N) is 1. The molecule has 0 spiro atoms. The molecule has 33 heavy (non-hydrogen) atoms. The quantitative estimate of drug-likeness (QED) is 0.704. The van der Waals surface area contributed by atoms with Gasteiger partial charge in [-0.25, -0.2) is 4.79 Å². The molecule has 1 saturated heterocycles. The Morgan fingerprint density at radius 3 is 2.15 bits per heavy atom. The number of fused-ring (bicyclic) bond motifs is 3. The molecule has 7 nitrogen and oxygen atoms in total. The van der Waals surface area contributed by atoms with Gasteiger partial charge in [0.15, 0.2) is 0 Å². The lowest BCUT2D eigenvalue weighted by Gasteiger charge is -2.49. The van der Waals surface area contributed by atoms with Crippen molar-refractivity contribution >= 4 is 18.0 Å². The van der Waals surface area contributed by atoms with Crippen molar-refractivity contribution in [2.45, 2.75) is 38.1 Å². The van der Waals surface area contributed by atoms with Crippen molar-refractivity contribution in [2.75, 3.05) is 19.7 Å². The van der Waals surface area contributed by atoms with Crippen molar-refractivity contribution in [1.29, 1.82) is 0 Å². The molecule has 0 radical (unpaired) electrons. The van der Waals surface area contributed by atoms with E-state index in [4.69, 9.17) is 4.74 Å². The van der Waals surface area contributed by atoms with Crippen molar-refractivity contribution in [3.63, 3.8) is 0 Å². The Bertz CT molecular complexity index is 1060. The van der Waals surface area contributed by atoms with Crippen molar-refractivity contribution < 1.29 is 24.2 Å². The molecule has 0 atom stereocenters. The van der Waals surface area contributed by atoms with Crippen LogP contribution in [0.4, 0.5) is 4.79 Å². The van der Waals surface area contributed by atoms with Gasteiger partial charge in [0.25, 0.3) is 0 Å². The maximum Gasteiger partial charge on any atom is 0.407 e. The van der Waals surface area contributed by atoms with Crippen molar-refractivity contribution in [1.82, 2.24) is 10.2 Å². The zero-order chi connectivity index (χ0) is 23.2. The average molecular weight is 449 g/mol. The van der Waals surface area contributed by atoms with E-state index < -0.39 is 17.5 Å². The molecule has 2 aliphatic carbocycles. The predicted octanol–water partition coefficient (Wildman–Crippen LogP) is 3.63. The van der Waals surface area contributed by atoms with E-state index >= 15 is 0 Å². The maximum absolute atomic E-state index is 12.6. The predicted molar refractivity (Wildman–Crippen MR) is 122 cm³/mol. The van der Waals surface area contributed by atoms with E-state index in [1.54, 1.807) is 4.90 Å². The summed E-state index contributed by atoms with van der Waals surface area (Å²) in [5, 5.41) is 12.2. The van der Waals surface area contributed by atoms with Gasteiger partial charge in [0, 0.05) is 31.0 Å². The van der Waals surface area contributed by atoms with Crippen LogP contribution in [0.5, 0.6) is 0 Å². The molecule has 1 heterocycles. The topological polar surface area (TPSA) is 95.9 Å². The lowest BCUT2D eigenvalue weighted by atomic mass is 9.74. The fourth-order valence-corrected chi connectivity index (χ4v) is 5.35. The number of hydrogen-bond acceptors (Lipinski definition) is 4. The highest BCUT2D eigenvalue weighted by Crippen LogP contribution is 2.44. The van der Waals surface area contributed by atoms with Gasteiger partial charge >= 0.3 is 12.1 Å². The summed E-state index contributed by atoms with van der Waals surface area (Å²) in [6, 6.07) is 16.3. The molecule has 1 aliphatic heterocycles. The van der Waals surface area contributed by atoms with Gasteiger partial charge in [-0.15, -0.1) is 0 Å². The van der Waals surface area contributed by atoms with Crippen LogP contribution in [0.1, 0.15) is 43.2 Å². The number of nitrogens with zero attached hydrogens (tertiary/aromatic N) is 1. The maximum atomic E-state index is 12.6. The number of ether oxygens (including phenoxy) is 1. The number of carboxylic acid groups (broad SMARTS) is 1. The summed E-state index contributed by atoms with van der Waals surface area (Å²) in [6.45, 7) is 2.65. The Hall–Kier alpha value is -3.35. The van der Waals surface area contributed by atoms with Crippen LogP contribution in [0, 0.1) is 11.3 Å². The van der Waals surface area contributed by atoms with Crippen LogP contribution < -0.4 is 5.32 Å². The Kier molecular flexibility index (Phi) is 5.35. The molecule has 1 saturated carbocycles. The smallest absolute Gasteiger partial charge is 0.407 e. The second-order valence-electron chi connectivity index (χ2n) is 9.47.